The predicted octanol–water partition coefficient (Wildman–Crippen LogP) is 0.946. The first-order chi connectivity index (χ1) is 10.3. The highest BCUT2D eigenvalue weighted by molar-refractivity contribution is 7.99. The van der Waals surface area contributed by atoms with Crippen LogP contribution in [-0.2, 0) is 9.59 Å². The molecule has 21 heavy (non-hydrogen) atoms. The number of nitrogens with one attached hydrogen (secondary N) is 2. The van der Waals surface area contributed by atoms with Gasteiger partial charge in [0, 0.05) is 24.3 Å². The zero-order valence-electron chi connectivity index (χ0n) is 12.5. The number of nitrogens with zero attached hydrogens (tertiary/aromatic N) is 1. The molecule has 0 radical (unpaired) electrons. The minimum Gasteiger partial charge on any atom is -0.350 e. The van der Waals surface area contributed by atoms with Crippen LogP contribution in [0.3, 0.4) is 0 Å². The van der Waals surface area contributed by atoms with Crippen molar-refractivity contribution in [2.75, 3.05) is 24.7 Å². The summed E-state index contributed by atoms with van der Waals surface area (Å²) < 4.78 is 0. The van der Waals surface area contributed by atoms with Crippen LogP contribution in [0.4, 0.5) is 0 Å². The molecule has 0 aromatic heterocycles. The molecule has 3 rings (SSSR count). The molecular weight excluding hydrogens is 286 g/mol. The lowest BCUT2D eigenvalue weighted by atomic mass is 10.0. The van der Waals surface area contributed by atoms with Crippen LogP contribution >= 0.6 is 11.8 Å². The molecule has 3 aliphatic rings. The van der Waals surface area contributed by atoms with Crippen molar-refractivity contribution < 1.29 is 9.59 Å². The summed E-state index contributed by atoms with van der Waals surface area (Å²) in [5, 5.41) is 6.44. The Morgan fingerprint density at radius 2 is 1.95 bits per heavy atom. The molecule has 2 amide bonds. The van der Waals surface area contributed by atoms with Crippen LogP contribution in [0.25, 0.3) is 0 Å². The van der Waals surface area contributed by atoms with Gasteiger partial charge in [-0.1, -0.05) is 12.8 Å². The van der Waals surface area contributed by atoms with Crippen molar-refractivity contribution in [3.05, 3.63) is 0 Å². The van der Waals surface area contributed by atoms with Gasteiger partial charge in [-0.25, -0.2) is 0 Å². The number of piperidine rings is 1. The summed E-state index contributed by atoms with van der Waals surface area (Å²) in [7, 11) is 0. The second-order valence-corrected chi connectivity index (χ2v) is 7.36. The molecule has 1 saturated carbocycles. The van der Waals surface area contributed by atoms with Crippen LogP contribution in [0.1, 0.15) is 38.5 Å². The maximum Gasteiger partial charge on any atom is 0.243 e. The summed E-state index contributed by atoms with van der Waals surface area (Å²) >= 11 is 1.70. The molecule has 5 nitrogen and oxygen atoms in total. The minimum absolute atomic E-state index is 0.0417. The van der Waals surface area contributed by atoms with Crippen LogP contribution in [-0.4, -0.2) is 53.5 Å². The van der Waals surface area contributed by atoms with Gasteiger partial charge in [0.1, 0.15) is 6.04 Å². The fourth-order valence-electron chi connectivity index (χ4n) is 3.56. The van der Waals surface area contributed by atoms with Crippen molar-refractivity contribution in [2.45, 2.75) is 50.6 Å². The van der Waals surface area contributed by atoms with Gasteiger partial charge in [-0.15, -0.1) is 11.8 Å². The van der Waals surface area contributed by atoms with Crippen molar-refractivity contribution >= 4 is 23.6 Å². The third-order valence-electron chi connectivity index (χ3n) is 4.82. The molecule has 2 heterocycles. The van der Waals surface area contributed by atoms with Crippen molar-refractivity contribution in [1.82, 2.24) is 15.5 Å². The second kappa shape index (κ2) is 7.01. The maximum absolute atomic E-state index is 12.6. The zero-order valence-corrected chi connectivity index (χ0v) is 13.3. The van der Waals surface area contributed by atoms with Crippen LogP contribution in [0.5, 0.6) is 0 Å². The molecule has 1 aliphatic carbocycles. The largest absolute Gasteiger partial charge is 0.350 e. The zero-order chi connectivity index (χ0) is 14.7. The first-order valence-corrected chi connectivity index (χ1v) is 9.30. The summed E-state index contributed by atoms with van der Waals surface area (Å²) in [5.74, 6) is 1.83. The number of thioether (sulfide) groups is 1. The van der Waals surface area contributed by atoms with E-state index < -0.39 is 0 Å². The van der Waals surface area contributed by atoms with E-state index in [1.165, 1.54) is 0 Å². The van der Waals surface area contributed by atoms with Gasteiger partial charge < -0.3 is 15.5 Å². The van der Waals surface area contributed by atoms with Crippen LogP contribution in [0.2, 0.25) is 0 Å². The number of carbonyl (C=O) groups excluding carboxylic acids is 2. The first-order valence-electron chi connectivity index (χ1n) is 8.15. The molecular formula is C15H25N3O2S. The molecule has 0 spiro atoms. The Balaban J connectivity index is 1.57. The van der Waals surface area contributed by atoms with Crippen LogP contribution in [0.15, 0.2) is 0 Å². The van der Waals surface area contributed by atoms with Crippen molar-refractivity contribution in [2.24, 2.45) is 5.92 Å². The summed E-state index contributed by atoms with van der Waals surface area (Å²) in [6, 6.07) is -0.0368. The van der Waals surface area contributed by atoms with Crippen LogP contribution in [0, 0.1) is 5.92 Å². The molecule has 2 atom stereocenters. The normalized spacial score (nSPS) is 30.6. The second-order valence-electron chi connectivity index (χ2n) is 6.36. The van der Waals surface area contributed by atoms with E-state index in [2.05, 4.69) is 10.6 Å². The molecule has 0 bridgehead atoms. The summed E-state index contributed by atoms with van der Waals surface area (Å²) in [4.78, 5) is 26.9. The Morgan fingerprint density at radius 1 is 1.14 bits per heavy atom. The Bertz CT molecular complexity index is 392. The standard InChI is InChI=1S/C15H25N3O2S/c19-14(17-12-6-3-7-16-8-12)13-9-21-10-18(13)15(20)11-4-1-2-5-11/h11-13,16H,1-10H2,(H,17,19)/t12-,13?/m0/s1. The van der Waals surface area contributed by atoms with Crippen LogP contribution < -0.4 is 10.6 Å². The predicted molar refractivity (Wildman–Crippen MR) is 84.0 cm³/mol. The fourth-order valence-corrected chi connectivity index (χ4v) is 4.72. The van der Waals surface area contributed by atoms with Gasteiger partial charge in [0.2, 0.25) is 11.8 Å². The summed E-state index contributed by atoms with van der Waals surface area (Å²) in [6.07, 6.45) is 6.45. The maximum atomic E-state index is 12.6. The molecule has 0 aromatic rings. The van der Waals surface area contributed by atoms with E-state index >= 15 is 0 Å². The molecule has 2 saturated heterocycles. The lowest BCUT2D eigenvalue weighted by molar-refractivity contribution is -0.141. The average Bonchev–Trinajstić information content (AvgIpc) is 3.19. The number of carbonyl (C=O) groups is 2. The van der Waals surface area contributed by atoms with Gasteiger partial charge in [-0.05, 0) is 32.2 Å². The third-order valence-corrected chi connectivity index (χ3v) is 5.83. The SMILES string of the molecule is O=C(N[C@H]1CCCNC1)C1CSCN1C(=O)C1CCCC1. The smallest absolute Gasteiger partial charge is 0.243 e. The van der Waals surface area contributed by atoms with Gasteiger partial charge in [0.05, 0.1) is 5.88 Å². The van der Waals surface area contributed by atoms with E-state index in [1.807, 2.05) is 4.90 Å². The Morgan fingerprint density at radius 3 is 2.67 bits per heavy atom. The van der Waals surface area contributed by atoms with E-state index in [9.17, 15) is 9.59 Å². The topological polar surface area (TPSA) is 61.4 Å². The molecule has 2 aliphatic heterocycles. The fraction of sp³-hybridized carbons (Fsp3) is 0.867. The summed E-state index contributed by atoms with van der Waals surface area (Å²) in [6.45, 7) is 1.89. The van der Waals surface area contributed by atoms with Crippen molar-refractivity contribution in [3.63, 3.8) is 0 Å². The monoisotopic (exact) mass is 311 g/mol. The Labute approximate surface area is 130 Å². The van der Waals surface area contributed by atoms with Crippen molar-refractivity contribution in [1.29, 1.82) is 0 Å². The first kappa shape index (κ1) is 15.2. The molecule has 1 unspecified atom stereocenters. The average molecular weight is 311 g/mol. The number of rotatable bonds is 3. The summed E-state index contributed by atoms with van der Waals surface area (Å²) in [5.41, 5.74) is 0. The Hall–Kier alpha value is -0.750. The number of amides is 2. The highest BCUT2D eigenvalue weighted by Crippen LogP contribution is 2.30. The lowest BCUT2D eigenvalue weighted by Gasteiger charge is -2.29. The van der Waals surface area contributed by atoms with Crippen molar-refractivity contribution in [3.8, 4) is 0 Å². The van der Waals surface area contributed by atoms with Gasteiger partial charge >= 0.3 is 0 Å². The highest BCUT2D eigenvalue weighted by atomic mass is 32.2. The molecule has 0 aromatic carbocycles. The number of hydrogen-bond acceptors (Lipinski definition) is 4. The van der Waals surface area contributed by atoms with E-state index in [-0.39, 0.29) is 29.8 Å². The minimum atomic E-state index is -0.259. The quantitative estimate of drug-likeness (QED) is 0.814. The van der Waals surface area contributed by atoms with Gasteiger partial charge in [-0.3, -0.25) is 9.59 Å². The Kier molecular flexibility index (Phi) is 5.06. The molecule has 2 N–H and O–H groups in total. The van der Waals surface area contributed by atoms with Gasteiger partial charge in [0.15, 0.2) is 0 Å². The van der Waals surface area contributed by atoms with Gasteiger partial charge in [-0.2, -0.15) is 0 Å². The van der Waals surface area contributed by atoms with E-state index in [1.54, 1.807) is 11.8 Å². The highest BCUT2D eigenvalue weighted by Gasteiger charge is 2.38. The lowest BCUT2D eigenvalue weighted by Crippen LogP contribution is -2.53. The van der Waals surface area contributed by atoms with Gasteiger partial charge in [0.25, 0.3) is 0 Å². The van der Waals surface area contributed by atoms with E-state index in [0.29, 0.717) is 5.88 Å². The molecule has 6 heteroatoms. The molecule has 3 fully saturated rings. The third kappa shape index (κ3) is 3.54. The van der Waals surface area contributed by atoms with E-state index in [4.69, 9.17) is 0 Å². The van der Waals surface area contributed by atoms with E-state index in [0.717, 1.165) is 57.4 Å². The molecule has 118 valence electrons. The number of hydrogen-bond donors (Lipinski definition) is 2.